The van der Waals surface area contributed by atoms with Crippen molar-refractivity contribution in [2.75, 3.05) is 11.1 Å². The Morgan fingerprint density at radius 3 is 2.19 bits per heavy atom. The Bertz CT molecular complexity index is 1050. The second-order valence-electron chi connectivity index (χ2n) is 5.70. The Morgan fingerprint density at radius 2 is 1.63 bits per heavy atom. The number of anilines is 1. The fraction of sp³-hybridized carbons (Fsp3) is 0.105. The monoisotopic (exact) mass is 385 g/mol. The zero-order valence-corrected chi connectivity index (χ0v) is 15.2. The van der Waals surface area contributed by atoms with Crippen molar-refractivity contribution in [3.63, 3.8) is 0 Å². The average Bonchev–Trinajstić information content (AvgIpc) is 2.69. The van der Waals surface area contributed by atoms with Crippen LogP contribution in [0.5, 0.6) is 0 Å². The molecule has 0 aliphatic rings. The first-order chi connectivity index (χ1) is 12.9. The summed E-state index contributed by atoms with van der Waals surface area (Å²) in [5.74, 6) is -0.796. The summed E-state index contributed by atoms with van der Waals surface area (Å²) in [5.41, 5.74) is 2.15. The average molecular weight is 385 g/mol. The van der Waals surface area contributed by atoms with Crippen molar-refractivity contribution in [1.82, 2.24) is 10.2 Å². The smallest absolute Gasteiger partial charge is 0.255 e. The number of halogens is 1. The lowest BCUT2D eigenvalue weighted by molar-refractivity contribution is 0.102. The molecule has 6 nitrogen and oxygen atoms in total. The Kier molecular flexibility index (Phi) is 5.27. The molecule has 2 aromatic carbocycles. The predicted molar refractivity (Wildman–Crippen MR) is 99.5 cm³/mol. The summed E-state index contributed by atoms with van der Waals surface area (Å²) in [4.78, 5) is 12.1. The van der Waals surface area contributed by atoms with E-state index in [-0.39, 0.29) is 16.7 Å². The molecule has 1 amide bonds. The van der Waals surface area contributed by atoms with E-state index in [1.807, 2.05) is 0 Å². The van der Waals surface area contributed by atoms with E-state index in [1.54, 1.807) is 37.3 Å². The SMILES string of the molecule is CCS(=O)(=O)c1ccc(-c2ccc(NC(=O)c3ccc(F)cc3)cc2)nn1. The number of sulfone groups is 1. The van der Waals surface area contributed by atoms with Crippen LogP contribution in [-0.2, 0) is 9.84 Å². The number of amides is 1. The van der Waals surface area contributed by atoms with E-state index in [4.69, 9.17) is 0 Å². The summed E-state index contributed by atoms with van der Waals surface area (Å²) < 4.78 is 36.5. The van der Waals surface area contributed by atoms with Gasteiger partial charge >= 0.3 is 0 Å². The van der Waals surface area contributed by atoms with Gasteiger partial charge in [-0.2, -0.15) is 0 Å². The highest BCUT2D eigenvalue weighted by Crippen LogP contribution is 2.20. The summed E-state index contributed by atoms with van der Waals surface area (Å²) in [7, 11) is -3.39. The first-order valence-electron chi connectivity index (χ1n) is 8.13. The first-order valence-corrected chi connectivity index (χ1v) is 9.78. The Morgan fingerprint density at radius 1 is 0.963 bits per heavy atom. The quantitative estimate of drug-likeness (QED) is 0.728. The van der Waals surface area contributed by atoms with Crippen LogP contribution in [0.25, 0.3) is 11.3 Å². The number of carbonyl (C=O) groups excluding carboxylic acids is 1. The summed E-state index contributed by atoms with van der Waals surface area (Å²) in [6.45, 7) is 1.55. The predicted octanol–water partition coefficient (Wildman–Crippen LogP) is 3.33. The number of aromatic nitrogens is 2. The largest absolute Gasteiger partial charge is 0.322 e. The van der Waals surface area contributed by atoms with Crippen LogP contribution >= 0.6 is 0 Å². The van der Waals surface area contributed by atoms with Gasteiger partial charge in [0.2, 0.25) is 0 Å². The van der Waals surface area contributed by atoms with Crippen LogP contribution in [0.15, 0.2) is 65.7 Å². The maximum absolute atomic E-state index is 12.9. The number of rotatable bonds is 5. The molecule has 0 spiro atoms. The minimum absolute atomic E-state index is 0.0382. The zero-order valence-electron chi connectivity index (χ0n) is 14.4. The van der Waals surface area contributed by atoms with Gasteiger partial charge in [-0.3, -0.25) is 4.79 Å². The molecule has 3 rings (SSSR count). The number of hydrogen-bond acceptors (Lipinski definition) is 5. The van der Waals surface area contributed by atoms with E-state index in [0.29, 0.717) is 16.9 Å². The molecule has 1 aromatic heterocycles. The van der Waals surface area contributed by atoms with Crippen LogP contribution in [0.2, 0.25) is 0 Å². The number of nitrogens with zero attached hydrogens (tertiary/aromatic N) is 2. The molecule has 27 heavy (non-hydrogen) atoms. The van der Waals surface area contributed by atoms with Crippen LogP contribution in [0.3, 0.4) is 0 Å². The van der Waals surface area contributed by atoms with E-state index < -0.39 is 15.7 Å². The second-order valence-corrected chi connectivity index (χ2v) is 7.92. The summed E-state index contributed by atoms with van der Waals surface area (Å²) >= 11 is 0. The lowest BCUT2D eigenvalue weighted by Gasteiger charge is -2.07. The lowest BCUT2D eigenvalue weighted by Crippen LogP contribution is -2.11. The van der Waals surface area contributed by atoms with Crippen LogP contribution in [0.4, 0.5) is 10.1 Å². The Hall–Kier alpha value is -3.13. The molecule has 0 fully saturated rings. The van der Waals surface area contributed by atoms with Gasteiger partial charge in [-0.25, -0.2) is 12.8 Å². The molecule has 0 aliphatic carbocycles. The molecule has 0 radical (unpaired) electrons. The van der Waals surface area contributed by atoms with Crippen LogP contribution in [0, 0.1) is 5.82 Å². The van der Waals surface area contributed by atoms with Crippen molar-refractivity contribution in [3.8, 4) is 11.3 Å². The first kappa shape index (κ1) is 18.7. The fourth-order valence-electron chi connectivity index (χ4n) is 2.32. The van der Waals surface area contributed by atoms with Crippen molar-refractivity contribution in [3.05, 3.63) is 72.0 Å². The molecule has 0 unspecified atom stereocenters. The van der Waals surface area contributed by atoms with Gasteiger partial charge in [-0.1, -0.05) is 19.1 Å². The molecule has 8 heteroatoms. The van der Waals surface area contributed by atoms with Gasteiger partial charge in [0.25, 0.3) is 5.91 Å². The van der Waals surface area contributed by atoms with Crippen LogP contribution in [0.1, 0.15) is 17.3 Å². The van der Waals surface area contributed by atoms with Gasteiger partial charge in [0.05, 0.1) is 11.4 Å². The van der Waals surface area contributed by atoms with E-state index in [9.17, 15) is 17.6 Å². The summed E-state index contributed by atoms with van der Waals surface area (Å²) in [6, 6.07) is 15.1. The van der Waals surface area contributed by atoms with E-state index in [0.717, 1.165) is 5.56 Å². The van der Waals surface area contributed by atoms with Crippen molar-refractivity contribution in [1.29, 1.82) is 0 Å². The molecule has 3 aromatic rings. The summed E-state index contributed by atoms with van der Waals surface area (Å²) in [6.07, 6.45) is 0. The van der Waals surface area contributed by atoms with E-state index in [2.05, 4.69) is 15.5 Å². The molecule has 0 aliphatic heterocycles. The van der Waals surface area contributed by atoms with Crippen molar-refractivity contribution in [2.24, 2.45) is 0 Å². The molecular formula is C19H16FN3O3S. The van der Waals surface area contributed by atoms with Gasteiger partial charge in [0.1, 0.15) is 5.82 Å². The van der Waals surface area contributed by atoms with Gasteiger partial charge in [-0.15, -0.1) is 10.2 Å². The number of carbonyl (C=O) groups is 1. The maximum atomic E-state index is 12.9. The molecule has 138 valence electrons. The number of hydrogen-bond donors (Lipinski definition) is 1. The second kappa shape index (κ2) is 7.63. The maximum Gasteiger partial charge on any atom is 0.255 e. The van der Waals surface area contributed by atoms with E-state index >= 15 is 0 Å². The number of nitrogens with one attached hydrogen (secondary N) is 1. The Labute approximate surface area is 156 Å². The van der Waals surface area contributed by atoms with Crippen LogP contribution in [-0.4, -0.2) is 30.3 Å². The fourth-order valence-corrected chi connectivity index (χ4v) is 3.05. The highest BCUT2D eigenvalue weighted by molar-refractivity contribution is 7.91. The zero-order chi connectivity index (χ0) is 19.4. The third kappa shape index (κ3) is 4.35. The van der Waals surface area contributed by atoms with Crippen LogP contribution < -0.4 is 5.32 Å². The molecule has 1 heterocycles. The van der Waals surface area contributed by atoms with Crippen molar-refractivity contribution >= 4 is 21.4 Å². The molecule has 1 N–H and O–H groups in total. The number of benzene rings is 2. The van der Waals surface area contributed by atoms with Gasteiger partial charge < -0.3 is 5.32 Å². The highest BCUT2D eigenvalue weighted by atomic mass is 32.2. The minimum atomic E-state index is -3.39. The minimum Gasteiger partial charge on any atom is -0.322 e. The van der Waals surface area contributed by atoms with Gasteiger partial charge in [0.15, 0.2) is 14.9 Å². The van der Waals surface area contributed by atoms with Crippen molar-refractivity contribution in [2.45, 2.75) is 11.9 Å². The Balaban J connectivity index is 1.73. The molecular weight excluding hydrogens is 369 g/mol. The molecule has 0 atom stereocenters. The molecule has 0 bridgehead atoms. The lowest BCUT2D eigenvalue weighted by atomic mass is 10.1. The van der Waals surface area contributed by atoms with Gasteiger partial charge in [-0.05, 0) is 48.5 Å². The third-order valence-electron chi connectivity index (χ3n) is 3.88. The topological polar surface area (TPSA) is 89.0 Å². The van der Waals surface area contributed by atoms with Gasteiger partial charge in [0, 0.05) is 16.8 Å². The normalized spacial score (nSPS) is 11.2. The van der Waals surface area contributed by atoms with Crippen molar-refractivity contribution < 1.29 is 17.6 Å². The third-order valence-corrected chi connectivity index (χ3v) is 5.50. The molecule has 0 saturated carbocycles. The molecule has 0 saturated heterocycles. The highest BCUT2D eigenvalue weighted by Gasteiger charge is 2.14. The standard InChI is InChI=1S/C19H16FN3O3S/c1-2-27(25,26)18-12-11-17(22-23-18)13-5-9-16(10-6-13)21-19(24)14-3-7-15(20)8-4-14/h3-12H,2H2,1H3,(H,21,24). The van der Waals surface area contributed by atoms with E-state index in [1.165, 1.54) is 30.3 Å². The summed E-state index contributed by atoms with van der Waals surface area (Å²) in [5, 5.41) is 10.4.